The zero-order valence-corrected chi connectivity index (χ0v) is 25.1. The van der Waals surface area contributed by atoms with Gasteiger partial charge in [-0.15, -0.1) is 0 Å². The minimum atomic E-state index is -1.90. The minimum absolute atomic E-state index is 0.0135. The van der Waals surface area contributed by atoms with Gasteiger partial charge in [-0.05, 0) is 38.8 Å². The Kier molecular flexibility index (Phi) is 12.3. The van der Waals surface area contributed by atoms with E-state index in [9.17, 15) is 30.3 Å². The average molecular weight is 650 g/mol. The summed E-state index contributed by atoms with van der Waals surface area (Å²) in [5.41, 5.74) is 32.9. The molecular weight excluding hydrogens is 598 g/mol. The predicted octanol–water partition coefficient (Wildman–Crippen LogP) is -7.35. The number of carbonyl (C=O) groups excluding carboxylic acids is 1. The summed E-state index contributed by atoms with van der Waals surface area (Å²) < 4.78 is 24.0. The molecule has 2 saturated carbocycles. The number of nitrogens with zero attached hydrogens (tertiary/aromatic N) is 1. The first-order valence-electron chi connectivity index (χ1n) is 15.4. The third-order valence-electron chi connectivity index (χ3n) is 8.95. The lowest BCUT2D eigenvalue weighted by molar-refractivity contribution is -0.314. The highest BCUT2D eigenvalue weighted by atomic mass is 16.7. The second-order valence-electron chi connectivity index (χ2n) is 12.3. The number of hydrogen-bond donors (Lipinski definition) is 13. The van der Waals surface area contributed by atoms with Gasteiger partial charge in [-0.25, -0.2) is 4.99 Å². The van der Waals surface area contributed by atoms with Crippen LogP contribution in [0.5, 0.6) is 0 Å². The van der Waals surface area contributed by atoms with Crippen LogP contribution in [-0.2, 0) is 23.7 Å². The van der Waals surface area contributed by atoms with Gasteiger partial charge in [0.25, 0.3) is 5.91 Å². The number of guanidine groups is 1. The second-order valence-corrected chi connectivity index (χ2v) is 12.3. The number of rotatable bonds is 13. The largest absolute Gasteiger partial charge is 0.394 e. The van der Waals surface area contributed by atoms with E-state index in [2.05, 4.69) is 15.6 Å². The minimum Gasteiger partial charge on any atom is -0.394 e. The maximum Gasteiger partial charge on any atom is 0.254 e. The van der Waals surface area contributed by atoms with E-state index in [1.54, 1.807) is 0 Å². The topological polar surface area (TPSA) is 348 Å². The maximum absolute atomic E-state index is 13.2. The lowest BCUT2D eigenvalue weighted by Gasteiger charge is -2.48. The molecule has 2 unspecified atom stereocenters. The normalized spacial score (nSPS) is 45.1. The molecule has 19 N–H and O–H groups in total. The highest BCUT2D eigenvalue weighted by molar-refractivity contribution is 5.90. The van der Waals surface area contributed by atoms with Gasteiger partial charge in [-0.1, -0.05) is 0 Å². The molecule has 45 heavy (non-hydrogen) atoms. The summed E-state index contributed by atoms with van der Waals surface area (Å²) >= 11 is 0. The van der Waals surface area contributed by atoms with E-state index in [4.69, 9.17) is 53.3 Å². The van der Waals surface area contributed by atoms with Gasteiger partial charge in [-0.2, -0.15) is 0 Å². The molecule has 2 aliphatic carbocycles. The monoisotopic (exact) mass is 649 g/mol. The van der Waals surface area contributed by atoms with Gasteiger partial charge in [0.2, 0.25) is 0 Å². The molecule has 0 bridgehead atoms. The van der Waals surface area contributed by atoms with Crippen LogP contribution in [0.2, 0.25) is 0 Å². The number of aliphatic hydroxyl groups excluding tert-OH is 4. The van der Waals surface area contributed by atoms with Crippen LogP contribution in [0.15, 0.2) is 4.99 Å². The molecule has 15 atom stereocenters. The predicted molar refractivity (Wildman–Crippen MR) is 158 cm³/mol. The first kappa shape index (κ1) is 36.0. The lowest BCUT2D eigenvalue weighted by atomic mass is 9.83. The molecule has 4 fully saturated rings. The molecule has 2 heterocycles. The van der Waals surface area contributed by atoms with Gasteiger partial charge in [-0.3, -0.25) is 4.79 Å². The fourth-order valence-electron chi connectivity index (χ4n) is 6.12. The number of nitrogens with two attached hydrogens (primary N) is 6. The SMILES string of the molecule is NCCCN[C@@H]1CC[C@@H](CN)O[C@@H]1O[C@H]1[C@H](O)[C@@H](O[C@H]2O[C@H](CO)[C@@H](O)[C@H](N)[C@H]2O)[C@H](NC(=O)C2(O)CC2N=C(N)N)C[C@@H]1N. The summed E-state index contributed by atoms with van der Waals surface area (Å²) in [4.78, 5) is 17.0. The van der Waals surface area contributed by atoms with Crippen LogP contribution in [0.25, 0.3) is 0 Å². The van der Waals surface area contributed by atoms with Crippen molar-refractivity contribution < 1.29 is 49.3 Å². The average Bonchev–Trinajstić information content (AvgIpc) is 3.66. The summed E-state index contributed by atoms with van der Waals surface area (Å²) in [6.07, 6.45) is -8.81. The molecule has 0 aromatic carbocycles. The van der Waals surface area contributed by atoms with Crippen LogP contribution in [0.3, 0.4) is 0 Å². The Labute approximate surface area is 260 Å². The van der Waals surface area contributed by atoms with Crippen LogP contribution in [0.4, 0.5) is 0 Å². The van der Waals surface area contributed by atoms with Crippen molar-refractivity contribution in [2.75, 3.05) is 26.2 Å². The maximum atomic E-state index is 13.2. The molecule has 4 rings (SSSR count). The Morgan fingerprint density at radius 1 is 0.978 bits per heavy atom. The number of hydrogen-bond acceptors (Lipinski definition) is 16. The number of amides is 1. The van der Waals surface area contributed by atoms with Crippen molar-refractivity contribution >= 4 is 11.9 Å². The van der Waals surface area contributed by atoms with E-state index in [1.807, 2.05) is 0 Å². The number of carbonyl (C=O) groups is 1. The second kappa shape index (κ2) is 15.4. The van der Waals surface area contributed by atoms with Crippen molar-refractivity contribution in [2.24, 2.45) is 39.4 Å². The number of aliphatic imine (C=N–C) groups is 1. The van der Waals surface area contributed by atoms with Crippen LogP contribution < -0.4 is 45.0 Å². The van der Waals surface area contributed by atoms with Crippen molar-refractivity contribution in [1.82, 2.24) is 10.6 Å². The van der Waals surface area contributed by atoms with Crippen LogP contribution >= 0.6 is 0 Å². The molecule has 0 aromatic heterocycles. The summed E-state index contributed by atoms with van der Waals surface area (Å²) in [5, 5.41) is 59.3. The standard InChI is InChI=1S/C26H51N9O10/c27-4-1-5-33-12-3-2-10(8-28)42-22(12)44-20-11(29)6-13(34-24(40)26(41)7-15(26)35-25(31)32)21(19(20)39)45-23-18(38)16(30)17(37)14(9-36)43-23/h10-23,33,36-39,41H,1-9,27-30H2,(H,34,40)(H4,31,32,35)/t10-,11-,12+,13+,14+,15?,16-,17+,18+,19-,20+,21-,22+,23+,26?/m0/s1. The first-order valence-corrected chi connectivity index (χ1v) is 15.4. The smallest absolute Gasteiger partial charge is 0.254 e. The number of aliphatic hydroxyl groups is 5. The summed E-state index contributed by atoms with van der Waals surface area (Å²) in [7, 11) is 0. The fraction of sp³-hybridized carbons (Fsp3) is 0.923. The molecule has 1 amide bonds. The van der Waals surface area contributed by atoms with Crippen LogP contribution in [-0.4, -0.2) is 155 Å². The molecule has 260 valence electrons. The van der Waals surface area contributed by atoms with Gasteiger partial charge in [0.1, 0.15) is 36.6 Å². The van der Waals surface area contributed by atoms with Crippen molar-refractivity contribution in [3.63, 3.8) is 0 Å². The van der Waals surface area contributed by atoms with E-state index in [0.29, 0.717) is 25.9 Å². The molecule has 0 aromatic rings. The van der Waals surface area contributed by atoms with Crippen molar-refractivity contribution in [3.05, 3.63) is 0 Å². The number of nitrogens with one attached hydrogen (secondary N) is 2. The molecule has 0 spiro atoms. The van der Waals surface area contributed by atoms with Gasteiger partial charge >= 0.3 is 0 Å². The Balaban J connectivity index is 1.56. The van der Waals surface area contributed by atoms with Crippen LogP contribution in [0.1, 0.15) is 32.1 Å². The molecule has 19 heteroatoms. The van der Waals surface area contributed by atoms with Gasteiger partial charge in [0, 0.05) is 19.0 Å². The molecule has 2 aliphatic heterocycles. The molecule has 0 radical (unpaired) electrons. The Hall–Kier alpha value is -1.82. The molecule has 19 nitrogen and oxygen atoms in total. The first-order chi connectivity index (χ1) is 21.3. The summed E-state index contributed by atoms with van der Waals surface area (Å²) in [6, 6.07) is -4.30. The zero-order valence-electron chi connectivity index (χ0n) is 25.1. The highest BCUT2D eigenvalue weighted by Crippen LogP contribution is 2.40. The summed E-state index contributed by atoms with van der Waals surface area (Å²) in [6.45, 7) is 0.720. The van der Waals surface area contributed by atoms with E-state index in [0.717, 1.165) is 6.42 Å². The molecular formula is C26H51N9O10. The van der Waals surface area contributed by atoms with Crippen LogP contribution in [0, 0.1) is 0 Å². The lowest BCUT2D eigenvalue weighted by Crippen LogP contribution is -2.69. The van der Waals surface area contributed by atoms with Crippen molar-refractivity contribution in [2.45, 2.75) is 123 Å². The summed E-state index contributed by atoms with van der Waals surface area (Å²) in [5.74, 6) is -1.12. The van der Waals surface area contributed by atoms with Crippen molar-refractivity contribution in [3.8, 4) is 0 Å². The van der Waals surface area contributed by atoms with E-state index in [1.165, 1.54) is 0 Å². The Morgan fingerprint density at radius 3 is 2.33 bits per heavy atom. The van der Waals surface area contributed by atoms with E-state index in [-0.39, 0.29) is 37.5 Å². The molecule has 4 aliphatic rings. The van der Waals surface area contributed by atoms with E-state index >= 15 is 0 Å². The highest BCUT2D eigenvalue weighted by Gasteiger charge is 2.61. The number of ether oxygens (including phenoxy) is 4. The van der Waals surface area contributed by atoms with Gasteiger partial charge < -0.3 is 89.5 Å². The zero-order chi connectivity index (χ0) is 33.1. The fourth-order valence-corrected chi connectivity index (χ4v) is 6.12. The quantitative estimate of drug-likeness (QED) is 0.0500. The Bertz CT molecular complexity index is 1010. The Morgan fingerprint density at radius 2 is 1.69 bits per heavy atom. The van der Waals surface area contributed by atoms with E-state index < -0.39 is 91.5 Å². The van der Waals surface area contributed by atoms with Crippen molar-refractivity contribution in [1.29, 1.82) is 0 Å². The third-order valence-corrected chi connectivity index (χ3v) is 8.95. The van der Waals surface area contributed by atoms with Gasteiger partial charge in [0.05, 0.1) is 36.9 Å². The molecule has 2 saturated heterocycles. The third kappa shape index (κ3) is 8.19. The van der Waals surface area contributed by atoms with Gasteiger partial charge in [0.15, 0.2) is 24.1 Å².